The van der Waals surface area contributed by atoms with Crippen molar-refractivity contribution in [1.82, 2.24) is 5.32 Å². The van der Waals surface area contributed by atoms with Crippen molar-refractivity contribution >= 4 is 0 Å². The van der Waals surface area contributed by atoms with Crippen LogP contribution in [0, 0.1) is 11.8 Å². The van der Waals surface area contributed by atoms with Gasteiger partial charge in [0.2, 0.25) is 0 Å². The van der Waals surface area contributed by atoms with E-state index in [4.69, 9.17) is 4.74 Å². The maximum atomic E-state index is 5.20. The smallest absolute Gasteiger partial charge is 0.0618 e. The lowest BCUT2D eigenvalue weighted by molar-refractivity contribution is 0.145. The van der Waals surface area contributed by atoms with Gasteiger partial charge in [0.15, 0.2) is 0 Å². The van der Waals surface area contributed by atoms with Crippen LogP contribution in [-0.4, -0.2) is 25.8 Å². The molecule has 0 bridgehead atoms. The molecule has 0 spiro atoms. The summed E-state index contributed by atoms with van der Waals surface area (Å²) in [5.74, 6) is 1.59. The molecule has 0 saturated heterocycles. The first-order valence-corrected chi connectivity index (χ1v) is 5.44. The molecular weight excluding hydrogens is 162 g/mol. The van der Waals surface area contributed by atoms with Gasteiger partial charge in [-0.05, 0) is 18.3 Å². The summed E-state index contributed by atoms with van der Waals surface area (Å²) < 4.78 is 5.20. The molecule has 3 atom stereocenters. The van der Waals surface area contributed by atoms with Gasteiger partial charge in [0.1, 0.15) is 0 Å². The molecule has 0 amide bonds. The van der Waals surface area contributed by atoms with Crippen LogP contribution in [0.5, 0.6) is 0 Å². The molecule has 0 aliphatic heterocycles. The minimum absolute atomic E-state index is 0.534. The first-order chi connectivity index (χ1) is 6.19. The van der Waals surface area contributed by atoms with Crippen LogP contribution < -0.4 is 5.32 Å². The first kappa shape index (κ1) is 11.0. The Morgan fingerprint density at radius 2 is 2.15 bits per heavy atom. The molecule has 0 radical (unpaired) electrons. The predicted molar refractivity (Wildman–Crippen MR) is 55.8 cm³/mol. The molecule has 78 valence electrons. The molecular formula is C11H23NO. The Kier molecular flexibility index (Phi) is 4.20. The molecule has 1 aliphatic rings. The van der Waals surface area contributed by atoms with E-state index < -0.39 is 0 Å². The van der Waals surface area contributed by atoms with E-state index >= 15 is 0 Å². The molecule has 1 rings (SSSR count). The Morgan fingerprint density at radius 3 is 2.54 bits per heavy atom. The van der Waals surface area contributed by atoms with Gasteiger partial charge in [-0.25, -0.2) is 0 Å². The summed E-state index contributed by atoms with van der Waals surface area (Å²) >= 11 is 0. The number of hydrogen-bond donors (Lipinski definition) is 1. The highest BCUT2D eigenvalue weighted by Gasteiger charge is 2.36. The van der Waals surface area contributed by atoms with Gasteiger partial charge in [-0.15, -0.1) is 0 Å². The lowest BCUT2D eigenvalue weighted by atomic mass is 10.1. The lowest BCUT2D eigenvalue weighted by Crippen LogP contribution is -2.39. The van der Waals surface area contributed by atoms with E-state index in [2.05, 4.69) is 26.1 Å². The van der Waals surface area contributed by atoms with E-state index in [1.807, 2.05) is 0 Å². The minimum atomic E-state index is 0.534. The van der Waals surface area contributed by atoms with E-state index in [0.29, 0.717) is 12.0 Å². The summed E-state index contributed by atoms with van der Waals surface area (Å²) in [5.41, 5.74) is 0. The number of rotatable bonds is 6. The third-order valence-corrected chi connectivity index (χ3v) is 3.03. The van der Waals surface area contributed by atoms with E-state index in [9.17, 15) is 0 Å². The van der Waals surface area contributed by atoms with Crippen LogP contribution in [0.3, 0.4) is 0 Å². The first-order valence-electron chi connectivity index (χ1n) is 5.44. The second-order valence-corrected chi connectivity index (χ2v) is 4.48. The maximum absolute atomic E-state index is 5.20. The molecule has 0 aromatic carbocycles. The summed E-state index contributed by atoms with van der Waals surface area (Å²) in [7, 11) is 1.78. The molecule has 2 heteroatoms. The fourth-order valence-electron chi connectivity index (χ4n) is 1.79. The third-order valence-electron chi connectivity index (χ3n) is 3.03. The monoisotopic (exact) mass is 185 g/mol. The molecule has 1 aliphatic carbocycles. The Labute approximate surface area is 82.0 Å². The van der Waals surface area contributed by atoms with E-state index in [1.54, 1.807) is 7.11 Å². The quantitative estimate of drug-likeness (QED) is 0.684. The van der Waals surface area contributed by atoms with Crippen LogP contribution in [0.2, 0.25) is 0 Å². The maximum Gasteiger partial charge on any atom is 0.0618 e. The van der Waals surface area contributed by atoms with E-state index in [0.717, 1.165) is 18.6 Å². The standard InChI is InChI=1S/C11H23NO/c1-5-9-6-10(9)12-11(7-13-4)8(2)3/h8-12H,5-7H2,1-4H3. The van der Waals surface area contributed by atoms with E-state index in [1.165, 1.54) is 12.8 Å². The Bertz CT molecular complexity index is 147. The Hall–Kier alpha value is -0.0800. The van der Waals surface area contributed by atoms with Gasteiger partial charge >= 0.3 is 0 Å². The van der Waals surface area contributed by atoms with Crippen LogP contribution >= 0.6 is 0 Å². The summed E-state index contributed by atoms with van der Waals surface area (Å²) in [5, 5.41) is 3.67. The third kappa shape index (κ3) is 3.28. The molecule has 13 heavy (non-hydrogen) atoms. The largest absolute Gasteiger partial charge is 0.383 e. The zero-order valence-electron chi connectivity index (χ0n) is 9.34. The topological polar surface area (TPSA) is 21.3 Å². The second kappa shape index (κ2) is 4.97. The summed E-state index contributed by atoms with van der Waals surface area (Å²) in [6.07, 6.45) is 2.68. The van der Waals surface area contributed by atoms with Crippen LogP contribution in [0.25, 0.3) is 0 Å². The highest BCUT2D eigenvalue weighted by Crippen LogP contribution is 2.33. The molecule has 2 nitrogen and oxygen atoms in total. The van der Waals surface area contributed by atoms with Crippen LogP contribution in [-0.2, 0) is 4.74 Å². The van der Waals surface area contributed by atoms with Crippen molar-refractivity contribution in [2.75, 3.05) is 13.7 Å². The van der Waals surface area contributed by atoms with Gasteiger partial charge in [-0.2, -0.15) is 0 Å². The fourth-order valence-corrected chi connectivity index (χ4v) is 1.79. The van der Waals surface area contributed by atoms with Crippen molar-refractivity contribution in [3.63, 3.8) is 0 Å². The number of nitrogens with one attached hydrogen (secondary N) is 1. The highest BCUT2D eigenvalue weighted by molar-refractivity contribution is 4.94. The predicted octanol–water partition coefficient (Wildman–Crippen LogP) is 2.05. The van der Waals surface area contributed by atoms with Crippen molar-refractivity contribution < 1.29 is 4.74 Å². The molecule has 1 saturated carbocycles. The fraction of sp³-hybridized carbons (Fsp3) is 1.00. The van der Waals surface area contributed by atoms with Crippen molar-refractivity contribution in [3.05, 3.63) is 0 Å². The lowest BCUT2D eigenvalue weighted by Gasteiger charge is -2.21. The molecule has 1 fully saturated rings. The molecule has 0 aromatic heterocycles. The average Bonchev–Trinajstić information content (AvgIpc) is 2.82. The van der Waals surface area contributed by atoms with E-state index in [-0.39, 0.29) is 0 Å². The van der Waals surface area contributed by atoms with Crippen molar-refractivity contribution in [2.45, 2.75) is 45.7 Å². The number of hydrogen-bond acceptors (Lipinski definition) is 2. The summed E-state index contributed by atoms with van der Waals surface area (Å²) in [6, 6.07) is 1.30. The highest BCUT2D eigenvalue weighted by atomic mass is 16.5. The normalized spacial score (nSPS) is 29.3. The average molecular weight is 185 g/mol. The van der Waals surface area contributed by atoms with Crippen molar-refractivity contribution in [2.24, 2.45) is 11.8 Å². The summed E-state index contributed by atoms with van der Waals surface area (Å²) in [4.78, 5) is 0. The van der Waals surface area contributed by atoms with Gasteiger partial charge in [0.05, 0.1) is 6.61 Å². The van der Waals surface area contributed by atoms with Crippen molar-refractivity contribution in [3.8, 4) is 0 Å². The van der Waals surface area contributed by atoms with Crippen molar-refractivity contribution in [1.29, 1.82) is 0 Å². The number of ether oxygens (including phenoxy) is 1. The molecule has 1 N–H and O–H groups in total. The summed E-state index contributed by atoms with van der Waals surface area (Å²) in [6.45, 7) is 7.61. The second-order valence-electron chi connectivity index (χ2n) is 4.48. The molecule has 3 unspecified atom stereocenters. The van der Waals surface area contributed by atoms with Gasteiger partial charge in [0.25, 0.3) is 0 Å². The van der Waals surface area contributed by atoms with Crippen LogP contribution in [0.4, 0.5) is 0 Å². The van der Waals surface area contributed by atoms with Crippen LogP contribution in [0.1, 0.15) is 33.6 Å². The molecule has 0 heterocycles. The SMILES string of the molecule is CCC1CC1NC(COC)C(C)C. The van der Waals surface area contributed by atoms with Crippen LogP contribution in [0.15, 0.2) is 0 Å². The van der Waals surface area contributed by atoms with Gasteiger partial charge < -0.3 is 10.1 Å². The Morgan fingerprint density at radius 1 is 1.46 bits per heavy atom. The minimum Gasteiger partial charge on any atom is -0.383 e. The zero-order chi connectivity index (χ0) is 9.84. The molecule has 0 aromatic rings. The van der Waals surface area contributed by atoms with Gasteiger partial charge in [-0.3, -0.25) is 0 Å². The number of methoxy groups -OCH3 is 1. The van der Waals surface area contributed by atoms with Gasteiger partial charge in [0, 0.05) is 19.2 Å². The zero-order valence-corrected chi connectivity index (χ0v) is 9.34. The van der Waals surface area contributed by atoms with Gasteiger partial charge in [-0.1, -0.05) is 27.2 Å². The Balaban J connectivity index is 2.23.